The molecule has 0 aliphatic carbocycles. The van der Waals surface area contributed by atoms with Gasteiger partial charge in [-0.05, 0) is 36.1 Å². The molecule has 0 bridgehead atoms. The first-order chi connectivity index (χ1) is 11.1. The molecule has 0 fully saturated rings. The van der Waals surface area contributed by atoms with E-state index in [0.717, 1.165) is 18.4 Å². The molecule has 0 saturated heterocycles. The zero-order valence-electron chi connectivity index (χ0n) is 13.7. The average Bonchev–Trinajstić information content (AvgIpc) is 2.58. The molecular weight excluding hydrogens is 306 g/mol. The zero-order chi connectivity index (χ0) is 16.5. The van der Waals surface area contributed by atoms with Crippen LogP contribution in [0.4, 0.5) is 0 Å². The van der Waals surface area contributed by atoms with E-state index in [9.17, 15) is 8.42 Å². The van der Waals surface area contributed by atoms with Crippen molar-refractivity contribution in [3.8, 4) is 0 Å². The molecule has 0 aliphatic rings. The third kappa shape index (κ3) is 5.81. The van der Waals surface area contributed by atoms with Crippen LogP contribution in [0.1, 0.15) is 43.7 Å². The van der Waals surface area contributed by atoms with Crippen LogP contribution in [0.5, 0.6) is 0 Å². The summed E-state index contributed by atoms with van der Waals surface area (Å²) in [6.07, 6.45) is 5.89. The maximum atomic E-state index is 12.3. The van der Waals surface area contributed by atoms with Crippen LogP contribution in [-0.2, 0) is 23.0 Å². The van der Waals surface area contributed by atoms with Gasteiger partial charge in [-0.15, -0.1) is 0 Å². The Labute approximate surface area is 139 Å². The summed E-state index contributed by atoms with van der Waals surface area (Å²) in [6.45, 7) is 2.50. The Bertz CT molecular complexity index is 679. The standard InChI is InChI=1S/C19H25NO2S/c1-2-3-4-6-9-17-12-14-19(15-13-17)23(21,22)20-16-18-10-7-5-8-11-18/h5,7-8,10-15,20H,2-4,6,9,16H2,1H3. The van der Waals surface area contributed by atoms with Crippen molar-refractivity contribution in [2.24, 2.45) is 0 Å². The van der Waals surface area contributed by atoms with Crippen molar-refractivity contribution in [3.05, 3.63) is 65.7 Å². The van der Waals surface area contributed by atoms with E-state index < -0.39 is 10.0 Å². The first-order valence-electron chi connectivity index (χ1n) is 8.24. The van der Waals surface area contributed by atoms with Gasteiger partial charge in [-0.3, -0.25) is 0 Å². The van der Waals surface area contributed by atoms with E-state index in [1.54, 1.807) is 12.1 Å². The van der Waals surface area contributed by atoms with Gasteiger partial charge < -0.3 is 0 Å². The molecule has 0 aliphatic heterocycles. The van der Waals surface area contributed by atoms with Gasteiger partial charge in [-0.25, -0.2) is 13.1 Å². The number of nitrogens with one attached hydrogen (secondary N) is 1. The lowest BCUT2D eigenvalue weighted by Crippen LogP contribution is -2.23. The Balaban J connectivity index is 1.92. The van der Waals surface area contributed by atoms with Gasteiger partial charge >= 0.3 is 0 Å². The summed E-state index contributed by atoms with van der Waals surface area (Å²) in [5, 5.41) is 0. The van der Waals surface area contributed by atoms with Crippen LogP contribution >= 0.6 is 0 Å². The molecule has 0 atom stereocenters. The van der Waals surface area contributed by atoms with E-state index in [1.165, 1.54) is 24.8 Å². The maximum Gasteiger partial charge on any atom is 0.240 e. The second-order valence-corrected chi connectivity index (χ2v) is 7.53. The van der Waals surface area contributed by atoms with Gasteiger partial charge in [0.15, 0.2) is 0 Å². The minimum atomic E-state index is -3.45. The minimum absolute atomic E-state index is 0.307. The van der Waals surface area contributed by atoms with Crippen molar-refractivity contribution in [2.45, 2.75) is 50.5 Å². The predicted molar refractivity (Wildman–Crippen MR) is 94.8 cm³/mol. The lowest BCUT2D eigenvalue weighted by atomic mass is 10.1. The van der Waals surface area contributed by atoms with Gasteiger partial charge in [-0.1, -0.05) is 68.7 Å². The molecule has 2 aromatic carbocycles. The number of aryl methyl sites for hydroxylation is 1. The Hall–Kier alpha value is -1.65. The molecule has 0 radical (unpaired) electrons. The van der Waals surface area contributed by atoms with Crippen LogP contribution in [0.25, 0.3) is 0 Å². The van der Waals surface area contributed by atoms with Crippen molar-refractivity contribution in [1.82, 2.24) is 4.72 Å². The summed E-state index contributed by atoms with van der Waals surface area (Å²) in [7, 11) is -3.45. The van der Waals surface area contributed by atoms with Gasteiger partial charge in [-0.2, -0.15) is 0 Å². The Morgan fingerprint density at radius 2 is 1.52 bits per heavy atom. The summed E-state index contributed by atoms with van der Waals surface area (Å²) in [5.41, 5.74) is 2.15. The molecule has 0 amide bonds. The van der Waals surface area contributed by atoms with E-state index in [-0.39, 0.29) is 0 Å². The van der Waals surface area contributed by atoms with Gasteiger partial charge in [0, 0.05) is 6.54 Å². The van der Waals surface area contributed by atoms with E-state index in [1.807, 2.05) is 42.5 Å². The van der Waals surface area contributed by atoms with Crippen LogP contribution in [0.15, 0.2) is 59.5 Å². The molecule has 124 valence electrons. The third-order valence-corrected chi connectivity index (χ3v) is 5.28. The van der Waals surface area contributed by atoms with E-state index >= 15 is 0 Å². The fraction of sp³-hybridized carbons (Fsp3) is 0.368. The molecule has 2 rings (SSSR count). The number of sulfonamides is 1. The Kier molecular flexibility index (Phi) is 6.81. The van der Waals surface area contributed by atoms with E-state index in [4.69, 9.17) is 0 Å². The van der Waals surface area contributed by atoms with Crippen molar-refractivity contribution in [2.75, 3.05) is 0 Å². The van der Waals surface area contributed by atoms with Crippen LogP contribution in [-0.4, -0.2) is 8.42 Å². The average molecular weight is 331 g/mol. The normalized spacial score (nSPS) is 11.5. The molecule has 0 saturated carbocycles. The number of rotatable bonds is 9. The summed E-state index contributed by atoms with van der Waals surface area (Å²) in [4.78, 5) is 0.325. The van der Waals surface area contributed by atoms with Gasteiger partial charge in [0.2, 0.25) is 10.0 Å². The lowest BCUT2D eigenvalue weighted by Gasteiger charge is -2.08. The summed E-state index contributed by atoms with van der Waals surface area (Å²) >= 11 is 0. The maximum absolute atomic E-state index is 12.3. The highest BCUT2D eigenvalue weighted by molar-refractivity contribution is 7.89. The molecule has 3 nitrogen and oxygen atoms in total. The van der Waals surface area contributed by atoms with Crippen molar-refractivity contribution in [3.63, 3.8) is 0 Å². The number of unbranched alkanes of at least 4 members (excludes halogenated alkanes) is 3. The quantitative estimate of drug-likeness (QED) is 0.697. The second-order valence-electron chi connectivity index (χ2n) is 5.76. The van der Waals surface area contributed by atoms with Crippen molar-refractivity contribution in [1.29, 1.82) is 0 Å². The fourth-order valence-corrected chi connectivity index (χ4v) is 3.47. The SMILES string of the molecule is CCCCCCc1ccc(S(=O)(=O)NCc2ccccc2)cc1. The Morgan fingerprint density at radius 1 is 0.826 bits per heavy atom. The molecule has 0 unspecified atom stereocenters. The number of benzene rings is 2. The van der Waals surface area contributed by atoms with Crippen molar-refractivity contribution < 1.29 is 8.42 Å². The molecule has 23 heavy (non-hydrogen) atoms. The molecule has 2 aromatic rings. The van der Waals surface area contributed by atoms with Crippen LogP contribution in [0, 0.1) is 0 Å². The second kappa shape index (κ2) is 8.85. The highest BCUT2D eigenvalue weighted by atomic mass is 32.2. The van der Waals surface area contributed by atoms with Gasteiger partial charge in [0.1, 0.15) is 0 Å². The van der Waals surface area contributed by atoms with E-state index in [2.05, 4.69) is 11.6 Å². The fourth-order valence-electron chi connectivity index (χ4n) is 2.45. The predicted octanol–water partition coefficient (Wildman–Crippen LogP) is 4.29. The molecule has 0 aromatic heterocycles. The largest absolute Gasteiger partial charge is 0.240 e. The topological polar surface area (TPSA) is 46.2 Å². The van der Waals surface area contributed by atoms with Gasteiger partial charge in [0.05, 0.1) is 4.90 Å². The Morgan fingerprint density at radius 3 is 2.17 bits per heavy atom. The smallest absolute Gasteiger partial charge is 0.207 e. The van der Waals surface area contributed by atoms with Crippen LogP contribution in [0.2, 0.25) is 0 Å². The molecule has 0 spiro atoms. The molecule has 0 heterocycles. The summed E-state index contributed by atoms with van der Waals surface area (Å²) in [5.74, 6) is 0. The van der Waals surface area contributed by atoms with Crippen molar-refractivity contribution >= 4 is 10.0 Å². The molecule has 1 N–H and O–H groups in total. The minimum Gasteiger partial charge on any atom is -0.207 e. The monoisotopic (exact) mass is 331 g/mol. The highest BCUT2D eigenvalue weighted by Gasteiger charge is 2.13. The molecular formula is C19H25NO2S. The third-order valence-electron chi connectivity index (χ3n) is 3.86. The van der Waals surface area contributed by atoms with Crippen LogP contribution in [0.3, 0.4) is 0 Å². The summed E-state index contributed by atoms with van der Waals surface area (Å²) < 4.78 is 27.3. The van der Waals surface area contributed by atoms with Gasteiger partial charge in [0.25, 0.3) is 0 Å². The first kappa shape index (κ1) is 17.7. The zero-order valence-corrected chi connectivity index (χ0v) is 14.5. The summed E-state index contributed by atoms with van der Waals surface area (Å²) in [6, 6.07) is 16.8. The van der Waals surface area contributed by atoms with Crippen LogP contribution < -0.4 is 4.72 Å². The number of hydrogen-bond donors (Lipinski definition) is 1. The van der Waals surface area contributed by atoms with E-state index in [0.29, 0.717) is 11.4 Å². The highest BCUT2D eigenvalue weighted by Crippen LogP contribution is 2.14. The lowest BCUT2D eigenvalue weighted by molar-refractivity contribution is 0.581. The molecule has 4 heteroatoms. The number of hydrogen-bond acceptors (Lipinski definition) is 2. The first-order valence-corrected chi connectivity index (χ1v) is 9.72.